The zero-order chi connectivity index (χ0) is 24.6. The number of rotatable bonds is 7. The lowest BCUT2D eigenvalue weighted by atomic mass is 9.95. The topological polar surface area (TPSA) is 105 Å². The third-order valence-electron chi connectivity index (χ3n) is 6.95. The summed E-state index contributed by atoms with van der Waals surface area (Å²) in [6, 6.07) is 22.5. The van der Waals surface area contributed by atoms with E-state index in [-0.39, 0.29) is 18.4 Å². The smallest absolute Gasteiger partial charge is 0.411 e. The Balaban J connectivity index is 1.20. The second-order valence-electron chi connectivity index (χ2n) is 9.26. The van der Waals surface area contributed by atoms with Crippen molar-refractivity contribution in [2.24, 2.45) is 5.92 Å². The minimum Gasteiger partial charge on any atom is -0.480 e. The van der Waals surface area contributed by atoms with E-state index in [2.05, 4.69) is 34.9 Å². The van der Waals surface area contributed by atoms with E-state index >= 15 is 0 Å². The molecule has 0 aromatic heterocycles. The molecule has 0 bridgehead atoms. The maximum Gasteiger partial charge on any atom is 0.411 e. The molecule has 0 aliphatic heterocycles. The molecule has 3 aromatic rings. The molecular formula is C28H26N2O5. The van der Waals surface area contributed by atoms with E-state index in [0.717, 1.165) is 35.1 Å². The number of hydrogen-bond donors (Lipinski definition) is 3. The standard InChI is InChI=1S/C28H26N2O5/c1-28(26(32)33,18-12-13-18)30-25(31)17-10-14-19(15-11-17)29-27(34)35-16-24-22-8-4-2-6-20(22)21-7-3-5-9-23(21)24/h2-11,14-15,18,24H,12-13,16H2,1H3,(H,29,34)(H,30,31)(H,32,33). The molecule has 5 rings (SSSR count). The molecule has 7 nitrogen and oxygen atoms in total. The van der Waals surface area contributed by atoms with Crippen LogP contribution in [0.1, 0.15) is 47.2 Å². The van der Waals surface area contributed by atoms with Gasteiger partial charge in [-0.05, 0) is 72.2 Å². The lowest BCUT2D eigenvalue weighted by Gasteiger charge is -2.26. The maximum atomic E-state index is 12.6. The molecule has 3 aromatic carbocycles. The average Bonchev–Trinajstić information content (AvgIpc) is 3.67. The first-order chi connectivity index (χ1) is 16.9. The Morgan fingerprint density at radius 2 is 1.49 bits per heavy atom. The first kappa shape index (κ1) is 22.7. The number of anilines is 1. The minimum atomic E-state index is -1.28. The molecule has 1 unspecified atom stereocenters. The fourth-order valence-corrected chi connectivity index (χ4v) is 4.76. The Labute approximate surface area is 203 Å². The molecule has 35 heavy (non-hydrogen) atoms. The van der Waals surface area contributed by atoms with E-state index < -0.39 is 23.5 Å². The molecule has 1 fully saturated rings. The Hall–Kier alpha value is -4.13. The quantitative estimate of drug-likeness (QED) is 0.449. The average molecular weight is 471 g/mol. The number of nitrogens with one attached hydrogen (secondary N) is 2. The lowest BCUT2D eigenvalue weighted by molar-refractivity contribution is -0.144. The fourth-order valence-electron chi connectivity index (χ4n) is 4.76. The van der Waals surface area contributed by atoms with Gasteiger partial charge >= 0.3 is 12.1 Å². The van der Waals surface area contributed by atoms with Crippen LogP contribution in [0.25, 0.3) is 11.1 Å². The van der Waals surface area contributed by atoms with Crippen molar-refractivity contribution in [3.05, 3.63) is 89.5 Å². The van der Waals surface area contributed by atoms with Crippen LogP contribution in [-0.2, 0) is 9.53 Å². The van der Waals surface area contributed by atoms with Crippen LogP contribution in [0.15, 0.2) is 72.8 Å². The number of carbonyl (C=O) groups excluding carboxylic acids is 2. The van der Waals surface area contributed by atoms with E-state index in [1.807, 2.05) is 24.3 Å². The van der Waals surface area contributed by atoms with Crippen LogP contribution in [0, 0.1) is 5.92 Å². The van der Waals surface area contributed by atoms with Crippen molar-refractivity contribution in [2.45, 2.75) is 31.2 Å². The SMILES string of the molecule is CC(NC(=O)c1ccc(NC(=O)OCC2c3ccccc3-c3ccccc32)cc1)(C(=O)O)C1CC1. The van der Waals surface area contributed by atoms with Gasteiger partial charge in [0.05, 0.1) is 0 Å². The third kappa shape index (κ3) is 4.37. The number of ether oxygens (including phenoxy) is 1. The minimum absolute atomic E-state index is 0.0331. The Bertz CT molecular complexity index is 1250. The van der Waals surface area contributed by atoms with Crippen molar-refractivity contribution in [3.8, 4) is 11.1 Å². The zero-order valence-electron chi connectivity index (χ0n) is 19.3. The van der Waals surface area contributed by atoms with Crippen LogP contribution in [0.5, 0.6) is 0 Å². The highest BCUT2D eigenvalue weighted by Crippen LogP contribution is 2.44. The van der Waals surface area contributed by atoms with Gasteiger partial charge in [-0.1, -0.05) is 48.5 Å². The van der Waals surface area contributed by atoms with Crippen molar-refractivity contribution in [1.82, 2.24) is 5.32 Å². The van der Waals surface area contributed by atoms with Crippen molar-refractivity contribution in [3.63, 3.8) is 0 Å². The second kappa shape index (κ2) is 8.91. The molecule has 2 amide bonds. The monoisotopic (exact) mass is 470 g/mol. The summed E-state index contributed by atoms with van der Waals surface area (Å²) in [6.45, 7) is 1.74. The predicted molar refractivity (Wildman–Crippen MR) is 131 cm³/mol. The van der Waals surface area contributed by atoms with Gasteiger partial charge < -0.3 is 15.2 Å². The molecule has 0 spiro atoms. The van der Waals surface area contributed by atoms with Crippen LogP contribution in [0.4, 0.5) is 10.5 Å². The van der Waals surface area contributed by atoms with Gasteiger partial charge in [-0.2, -0.15) is 0 Å². The Morgan fingerprint density at radius 1 is 0.914 bits per heavy atom. The van der Waals surface area contributed by atoms with E-state index in [0.29, 0.717) is 11.3 Å². The summed E-state index contributed by atoms with van der Waals surface area (Å²) in [5.74, 6) is -1.59. The van der Waals surface area contributed by atoms with Crippen molar-refractivity contribution in [1.29, 1.82) is 0 Å². The van der Waals surface area contributed by atoms with Gasteiger partial charge in [0.15, 0.2) is 0 Å². The molecule has 178 valence electrons. The van der Waals surface area contributed by atoms with Crippen molar-refractivity contribution in [2.75, 3.05) is 11.9 Å². The molecule has 3 N–H and O–H groups in total. The third-order valence-corrected chi connectivity index (χ3v) is 6.95. The molecular weight excluding hydrogens is 444 g/mol. The van der Waals surface area contributed by atoms with E-state index in [4.69, 9.17) is 4.74 Å². The summed E-state index contributed by atoms with van der Waals surface area (Å²) in [5.41, 5.74) is 4.10. The van der Waals surface area contributed by atoms with Gasteiger partial charge in [0.1, 0.15) is 12.1 Å². The van der Waals surface area contributed by atoms with E-state index in [1.54, 1.807) is 24.3 Å². The molecule has 0 heterocycles. The fraction of sp³-hybridized carbons (Fsp3) is 0.250. The highest BCUT2D eigenvalue weighted by atomic mass is 16.5. The molecule has 0 radical (unpaired) electrons. The van der Waals surface area contributed by atoms with E-state index in [9.17, 15) is 19.5 Å². The first-order valence-corrected chi connectivity index (χ1v) is 11.6. The normalized spacial score (nSPS) is 15.9. The number of aliphatic carboxylic acids is 1. The lowest BCUT2D eigenvalue weighted by Crippen LogP contribution is -2.54. The van der Waals surface area contributed by atoms with Gasteiger partial charge in [0.25, 0.3) is 5.91 Å². The number of hydrogen-bond acceptors (Lipinski definition) is 4. The van der Waals surface area contributed by atoms with Crippen molar-refractivity contribution >= 4 is 23.7 Å². The van der Waals surface area contributed by atoms with Crippen LogP contribution >= 0.6 is 0 Å². The second-order valence-corrected chi connectivity index (χ2v) is 9.26. The summed E-state index contributed by atoms with van der Waals surface area (Å²) in [4.78, 5) is 36.7. The number of carboxylic acid groups (broad SMARTS) is 1. The van der Waals surface area contributed by atoms with Gasteiger partial charge in [0.2, 0.25) is 0 Å². The number of amides is 2. The number of carbonyl (C=O) groups is 3. The van der Waals surface area contributed by atoms with Gasteiger partial charge in [-0.25, -0.2) is 9.59 Å². The largest absolute Gasteiger partial charge is 0.480 e. The maximum absolute atomic E-state index is 12.6. The van der Waals surface area contributed by atoms with Gasteiger partial charge in [0, 0.05) is 17.2 Å². The van der Waals surface area contributed by atoms with Crippen LogP contribution in [0.3, 0.4) is 0 Å². The molecule has 2 aliphatic rings. The summed E-state index contributed by atoms with van der Waals surface area (Å²) in [7, 11) is 0. The highest BCUT2D eigenvalue weighted by Gasteiger charge is 2.48. The number of benzene rings is 3. The zero-order valence-corrected chi connectivity index (χ0v) is 19.3. The Kier molecular flexibility index (Phi) is 5.76. The van der Waals surface area contributed by atoms with Gasteiger partial charge in [-0.15, -0.1) is 0 Å². The molecule has 1 atom stereocenters. The van der Waals surface area contributed by atoms with Crippen LogP contribution < -0.4 is 10.6 Å². The summed E-state index contributed by atoms with van der Waals surface area (Å²) in [6.07, 6.45) is 0.981. The summed E-state index contributed by atoms with van der Waals surface area (Å²) in [5, 5.41) is 14.9. The highest BCUT2D eigenvalue weighted by molar-refractivity contribution is 5.98. The molecule has 1 saturated carbocycles. The van der Waals surface area contributed by atoms with E-state index in [1.165, 1.54) is 6.92 Å². The molecule has 0 saturated heterocycles. The van der Waals surface area contributed by atoms with Gasteiger partial charge in [-0.3, -0.25) is 10.1 Å². The number of fused-ring (bicyclic) bond motifs is 3. The summed E-state index contributed by atoms with van der Waals surface area (Å²) >= 11 is 0. The van der Waals surface area contributed by atoms with Crippen molar-refractivity contribution < 1.29 is 24.2 Å². The first-order valence-electron chi connectivity index (χ1n) is 11.6. The summed E-state index contributed by atoms with van der Waals surface area (Å²) < 4.78 is 5.55. The Morgan fingerprint density at radius 3 is 2.03 bits per heavy atom. The molecule has 7 heteroatoms. The molecule has 2 aliphatic carbocycles. The predicted octanol–water partition coefficient (Wildman–Crippen LogP) is 5.03. The number of carboxylic acids is 1. The van der Waals surface area contributed by atoms with Crippen LogP contribution in [-0.4, -0.2) is 35.2 Å². The van der Waals surface area contributed by atoms with Crippen LogP contribution in [0.2, 0.25) is 0 Å².